The molecule has 0 aliphatic carbocycles. The molecule has 1 aliphatic heterocycles. The Kier molecular flexibility index (Phi) is 5.55. The van der Waals surface area contributed by atoms with Crippen molar-refractivity contribution in [2.75, 3.05) is 19.8 Å². The zero-order chi connectivity index (χ0) is 11.4. The van der Waals surface area contributed by atoms with Crippen molar-refractivity contribution in [3.8, 4) is 11.5 Å². The van der Waals surface area contributed by atoms with E-state index in [0.717, 1.165) is 29.9 Å². The van der Waals surface area contributed by atoms with Crippen LogP contribution in [-0.2, 0) is 0 Å². The molecule has 0 aromatic heterocycles. The van der Waals surface area contributed by atoms with E-state index in [1.165, 1.54) is 0 Å². The molecule has 0 saturated heterocycles. The predicted octanol–water partition coefficient (Wildman–Crippen LogP) is 1.62. The second-order valence-corrected chi connectivity index (χ2v) is 3.91. The van der Waals surface area contributed by atoms with Crippen molar-refractivity contribution >= 4 is 12.4 Å². The summed E-state index contributed by atoms with van der Waals surface area (Å²) in [5.41, 5.74) is 12.6. The van der Waals surface area contributed by atoms with Crippen LogP contribution in [0.1, 0.15) is 24.4 Å². The molecule has 1 aliphatic rings. The van der Waals surface area contributed by atoms with Gasteiger partial charge in [-0.25, -0.2) is 0 Å². The number of hydrogen-bond donors (Lipinski definition) is 2. The first-order valence-corrected chi connectivity index (χ1v) is 5.67. The molecule has 0 spiro atoms. The minimum atomic E-state index is -0.0276. The molecule has 4 N–H and O–H groups in total. The van der Waals surface area contributed by atoms with Gasteiger partial charge in [0.05, 0.1) is 0 Å². The van der Waals surface area contributed by atoms with Crippen LogP contribution in [0.5, 0.6) is 11.5 Å². The van der Waals surface area contributed by atoms with Gasteiger partial charge in [0.25, 0.3) is 0 Å². The number of fused-ring (bicyclic) bond motifs is 1. The number of nitrogens with two attached hydrogens (primary N) is 2. The van der Waals surface area contributed by atoms with Crippen LogP contribution in [-0.4, -0.2) is 19.8 Å². The Labute approximate surface area is 108 Å². The predicted molar refractivity (Wildman–Crippen MR) is 69.9 cm³/mol. The highest BCUT2D eigenvalue weighted by atomic mass is 35.5. The zero-order valence-electron chi connectivity index (χ0n) is 9.72. The van der Waals surface area contributed by atoms with Crippen LogP contribution in [0.2, 0.25) is 0 Å². The van der Waals surface area contributed by atoms with Crippen molar-refractivity contribution in [2.24, 2.45) is 11.5 Å². The van der Waals surface area contributed by atoms with Crippen molar-refractivity contribution in [1.29, 1.82) is 0 Å². The molecule has 2 rings (SSSR count). The Hall–Kier alpha value is -0.970. The van der Waals surface area contributed by atoms with Crippen LogP contribution in [0.4, 0.5) is 0 Å². The van der Waals surface area contributed by atoms with Crippen LogP contribution in [0, 0.1) is 0 Å². The SMILES string of the molecule is Cl.NCCC[C@H](N)c1cccc2c1OCCO2. The summed E-state index contributed by atoms with van der Waals surface area (Å²) < 4.78 is 11.1. The standard InChI is InChI=1S/C12H18N2O2.ClH/c13-6-2-4-10(14)9-3-1-5-11-12(9)16-8-7-15-11;/h1,3,5,10H,2,4,6-8,13-14H2;1H/t10-;/m0./s1. The fraction of sp³-hybridized carbons (Fsp3) is 0.500. The van der Waals surface area contributed by atoms with Crippen LogP contribution in [0.25, 0.3) is 0 Å². The molecule has 0 radical (unpaired) electrons. The van der Waals surface area contributed by atoms with Gasteiger partial charge in [-0.2, -0.15) is 0 Å². The van der Waals surface area contributed by atoms with Gasteiger partial charge < -0.3 is 20.9 Å². The smallest absolute Gasteiger partial charge is 0.166 e. The molecule has 5 heteroatoms. The molecule has 0 fully saturated rings. The van der Waals surface area contributed by atoms with E-state index in [1.807, 2.05) is 18.2 Å². The van der Waals surface area contributed by atoms with Crippen molar-refractivity contribution in [1.82, 2.24) is 0 Å². The summed E-state index contributed by atoms with van der Waals surface area (Å²) in [6.07, 6.45) is 1.79. The molecule has 1 heterocycles. The van der Waals surface area contributed by atoms with E-state index in [9.17, 15) is 0 Å². The highest BCUT2D eigenvalue weighted by molar-refractivity contribution is 5.85. The van der Waals surface area contributed by atoms with E-state index in [2.05, 4.69) is 0 Å². The fourth-order valence-corrected chi connectivity index (χ4v) is 1.88. The van der Waals surface area contributed by atoms with E-state index in [-0.39, 0.29) is 18.4 Å². The maximum absolute atomic E-state index is 6.11. The Morgan fingerprint density at radius 1 is 1.24 bits per heavy atom. The van der Waals surface area contributed by atoms with Crippen molar-refractivity contribution in [3.05, 3.63) is 23.8 Å². The lowest BCUT2D eigenvalue weighted by molar-refractivity contribution is 0.169. The fourth-order valence-electron chi connectivity index (χ4n) is 1.88. The Morgan fingerprint density at radius 2 is 2.00 bits per heavy atom. The molecule has 0 amide bonds. The average molecular weight is 259 g/mol. The van der Waals surface area contributed by atoms with Gasteiger partial charge in [0.1, 0.15) is 13.2 Å². The monoisotopic (exact) mass is 258 g/mol. The second-order valence-electron chi connectivity index (χ2n) is 3.91. The van der Waals surface area contributed by atoms with Gasteiger partial charge in [0.2, 0.25) is 0 Å². The lowest BCUT2D eigenvalue weighted by Crippen LogP contribution is -2.20. The van der Waals surface area contributed by atoms with Crippen LogP contribution < -0.4 is 20.9 Å². The molecule has 17 heavy (non-hydrogen) atoms. The van der Waals surface area contributed by atoms with Gasteiger partial charge >= 0.3 is 0 Å². The normalized spacial score (nSPS) is 14.9. The Bertz CT molecular complexity index is 360. The van der Waals surface area contributed by atoms with E-state index in [4.69, 9.17) is 20.9 Å². The van der Waals surface area contributed by atoms with Crippen LogP contribution in [0.15, 0.2) is 18.2 Å². The van der Waals surface area contributed by atoms with Crippen LogP contribution >= 0.6 is 12.4 Å². The number of rotatable bonds is 4. The molecule has 1 aromatic rings. The zero-order valence-corrected chi connectivity index (χ0v) is 10.5. The summed E-state index contributed by atoms with van der Waals surface area (Å²) in [5.74, 6) is 1.60. The lowest BCUT2D eigenvalue weighted by Gasteiger charge is -2.23. The van der Waals surface area contributed by atoms with Crippen LogP contribution in [0.3, 0.4) is 0 Å². The molecular formula is C12H19ClN2O2. The molecule has 0 unspecified atom stereocenters. The number of para-hydroxylation sites is 1. The topological polar surface area (TPSA) is 70.5 Å². The van der Waals surface area contributed by atoms with Gasteiger partial charge in [0.15, 0.2) is 11.5 Å². The van der Waals surface area contributed by atoms with Gasteiger partial charge in [0, 0.05) is 11.6 Å². The summed E-state index contributed by atoms with van der Waals surface area (Å²) in [5, 5.41) is 0. The van der Waals surface area contributed by atoms with Crippen molar-refractivity contribution in [2.45, 2.75) is 18.9 Å². The van der Waals surface area contributed by atoms with Crippen molar-refractivity contribution < 1.29 is 9.47 Å². The minimum absolute atomic E-state index is 0. The molecule has 1 aromatic carbocycles. The van der Waals surface area contributed by atoms with E-state index in [1.54, 1.807) is 0 Å². The lowest BCUT2D eigenvalue weighted by atomic mass is 10.0. The number of hydrogen-bond acceptors (Lipinski definition) is 4. The highest BCUT2D eigenvalue weighted by Gasteiger charge is 2.19. The number of benzene rings is 1. The van der Waals surface area contributed by atoms with Gasteiger partial charge in [-0.05, 0) is 25.5 Å². The first kappa shape index (κ1) is 14.1. The van der Waals surface area contributed by atoms with E-state index in [0.29, 0.717) is 19.8 Å². The van der Waals surface area contributed by atoms with E-state index >= 15 is 0 Å². The van der Waals surface area contributed by atoms with E-state index < -0.39 is 0 Å². The summed E-state index contributed by atoms with van der Waals surface area (Å²) >= 11 is 0. The maximum atomic E-state index is 6.11. The highest BCUT2D eigenvalue weighted by Crippen LogP contribution is 2.37. The Morgan fingerprint density at radius 3 is 2.76 bits per heavy atom. The third-order valence-corrected chi connectivity index (χ3v) is 2.72. The molecular weight excluding hydrogens is 240 g/mol. The molecule has 96 valence electrons. The third-order valence-electron chi connectivity index (χ3n) is 2.72. The average Bonchev–Trinajstić information content (AvgIpc) is 2.35. The molecule has 1 atom stereocenters. The quantitative estimate of drug-likeness (QED) is 0.861. The summed E-state index contributed by atoms with van der Waals surface area (Å²) in [6.45, 7) is 1.86. The second kappa shape index (κ2) is 6.69. The summed E-state index contributed by atoms with van der Waals surface area (Å²) in [7, 11) is 0. The van der Waals surface area contributed by atoms with Gasteiger partial charge in [-0.15, -0.1) is 12.4 Å². The molecule has 0 bridgehead atoms. The first-order valence-electron chi connectivity index (χ1n) is 5.67. The largest absolute Gasteiger partial charge is 0.486 e. The third kappa shape index (κ3) is 3.25. The van der Waals surface area contributed by atoms with Gasteiger partial charge in [-0.1, -0.05) is 12.1 Å². The van der Waals surface area contributed by atoms with Gasteiger partial charge in [-0.3, -0.25) is 0 Å². The first-order chi connectivity index (χ1) is 7.83. The number of halogens is 1. The molecule has 4 nitrogen and oxygen atoms in total. The maximum Gasteiger partial charge on any atom is 0.166 e. The summed E-state index contributed by atoms with van der Waals surface area (Å²) in [4.78, 5) is 0. The minimum Gasteiger partial charge on any atom is -0.486 e. The van der Waals surface area contributed by atoms with Crippen molar-refractivity contribution in [3.63, 3.8) is 0 Å². The number of ether oxygens (including phenoxy) is 2. The molecule has 0 saturated carbocycles. The summed E-state index contributed by atoms with van der Waals surface area (Å²) in [6, 6.07) is 5.83. The Balaban J connectivity index is 0.00000144.